The minimum absolute atomic E-state index is 0.0108. The number of fused-ring (bicyclic) bond motifs is 1. The fourth-order valence-corrected chi connectivity index (χ4v) is 3.78. The average molecular weight is 489 g/mol. The zero-order chi connectivity index (χ0) is 25.1. The fraction of sp³-hybridized carbons (Fsp3) is 0.280. The normalized spacial score (nSPS) is 13.7. The fourth-order valence-electron chi connectivity index (χ4n) is 3.78. The Balaban J connectivity index is 1.36. The molecular weight excluding hydrogens is 463 g/mol. The summed E-state index contributed by atoms with van der Waals surface area (Å²) in [5.41, 5.74) is 2.34. The van der Waals surface area contributed by atoms with Gasteiger partial charge in [0, 0.05) is 36.3 Å². The Morgan fingerprint density at radius 2 is 1.86 bits per heavy atom. The number of benzene rings is 1. The van der Waals surface area contributed by atoms with Crippen molar-refractivity contribution in [3.8, 4) is 11.3 Å². The molecule has 0 saturated carbocycles. The first-order chi connectivity index (χ1) is 17.5. The Labute approximate surface area is 207 Å². The van der Waals surface area contributed by atoms with Gasteiger partial charge in [0.05, 0.1) is 36.8 Å². The van der Waals surface area contributed by atoms with Gasteiger partial charge in [0.2, 0.25) is 11.9 Å². The molecule has 1 aromatic carbocycles. The summed E-state index contributed by atoms with van der Waals surface area (Å²) in [5.74, 6) is 0.0463. The highest BCUT2D eigenvalue weighted by Crippen LogP contribution is 2.26. The summed E-state index contributed by atoms with van der Waals surface area (Å²) >= 11 is 0. The van der Waals surface area contributed by atoms with E-state index in [9.17, 15) is 9.18 Å². The first-order valence-electron chi connectivity index (χ1n) is 11.6. The molecular formula is C25H25FN8O2. The van der Waals surface area contributed by atoms with Crippen LogP contribution in [0.4, 0.5) is 22.0 Å². The number of hydrogen-bond donors (Lipinski definition) is 2. The van der Waals surface area contributed by atoms with Gasteiger partial charge in [0.25, 0.3) is 5.91 Å². The summed E-state index contributed by atoms with van der Waals surface area (Å²) in [6.07, 6.45) is 4.35. The molecule has 1 saturated heterocycles. The third-order valence-electron chi connectivity index (χ3n) is 5.55. The molecule has 1 aliphatic heterocycles. The highest BCUT2D eigenvalue weighted by molar-refractivity contribution is 5.92. The molecule has 0 bridgehead atoms. The van der Waals surface area contributed by atoms with E-state index in [0.717, 1.165) is 30.2 Å². The minimum atomic E-state index is -0.551. The van der Waals surface area contributed by atoms with E-state index in [-0.39, 0.29) is 23.6 Å². The number of hydrogen-bond acceptors (Lipinski definition) is 9. The maximum absolute atomic E-state index is 14.7. The van der Waals surface area contributed by atoms with Gasteiger partial charge >= 0.3 is 0 Å². The molecule has 36 heavy (non-hydrogen) atoms. The highest BCUT2D eigenvalue weighted by Gasteiger charge is 2.16. The Morgan fingerprint density at radius 1 is 1.03 bits per heavy atom. The van der Waals surface area contributed by atoms with Gasteiger partial charge in [-0.15, -0.1) is 0 Å². The van der Waals surface area contributed by atoms with Crippen molar-refractivity contribution in [1.29, 1.82) is 0 Å². The first kappa shape index (κ1) is 23.5. The maximum Gasteiger partial charge on any atom is 0.270 e. The third kappa shape index (κ3) is 5.20. The van der Waals surface area contributed by atoms with E-state index in [1.807, 2.05) is 19.9 Å². The van der Waals surface area contributed by atoms with Crippen LogP contribution in [0.15, 0.2) is 48.9 Å². The van der Waals surface area contributed by atoms with Crippen molar-refractivity contribution in [2.75, 3.05) is 36.5 Å². The number of amides is 1. The zero-order valence-electron chi connectivity index (χ0n) is 19.9. The van der Waals surface area contributed by atoms with Gasteiger partial charge in [-0.05, 0) is 38.1 Å². The number of carbonyl (C=O) groups excluding carboxylic acids is 1. The lowest BCUT2D eigenvalue weighted by Gasteiger charge is -2.26. The molecule has 2 N–H and O–H groups in total. The van der Waals surface area contributed by atoms with E-state index in [0.29, 0.717) is 36.1 Å². The van der Waals surface area contributed by atoms with Crippen LogP contribution in [0.1, 0.15) is 24.3 Å². The van der Waals surface area contributed by atoms with Crippen LogP contribution in [0.25, 0.3) is 22.2 Å². The predicted molar refractivity (Wildman–Crippen MR) is 134 cm³/mol. The lowest BCUT2D eigenvalue weighted by molar-refractivity contribution is 0.0938. The van der Waals surface area contributed by atoms with Crippen LogP contribution in [0, 0.1) is 5.82 Å². The Hall–Kier alpha value is -4.25. The summed E-state index contributed by atoms with van der Waals surface area (Å²) in [5, 5.41) is 6.57. The van der Waals surface area contributed by atoms with Crippen LogP contribution in [0.5, 0.6) is 0 Å². The molecule has 0 aliphatic carbocycles. The van der Waals surface area contributed by atoms with E-state index in [1.165, 1.54) is 6.20 Å². The van der Waals surface area contributed by atoms with E-state index in [2.05, 4.69) is 40.5 Å². The molecule has 10 nitrogen and oxygen atoms in total. The van der Waals surface area contributed by atoms with Crippen LogP contribution in [0.2, 0.25) is 0 Å². The quantitative estimate of drug-likeness (QED) is 0.421. The largest absolute Gasteiger partial charge is 0.378 e. The number of nitrogens with one attached hydrogen (secondary N) is 2. The van der Waals surface area contributed by atoms with Crippen LogP contribution < -0.4 is 15.5 Å². The Kier molecular flexibility index (Phi) is 6.63. The monoisotopic (exact) mass is 488 g/mol. The average Bonchev–Trinajstić information content (AvgIpc) is 2.90. The summed E-state index contributed by atoms with van der Waals surface area (Å²) in [6, 6.07) is 8.70. The standard InChI is InChI=1S/C25H25FN8O2/c1-15(2)30-23(35)21-6-4-18(13-27-21)31-24-28-14-19(26)22(33-24)16-3-5-20-17(11-16)12-29-25(32-20)34-7-9-36-10-8-34/h3-6,11-15H,7-10H2,1-2H3,(H,30,35)(H,28,31,33). The number of aromatic nitrogens is 5. The SMILES string of the molecule is CC(C)NC(=O)c1ccc(Nc2ncc(F)c(-c3ccc4nc(N5CCOCC5)ncc4c3)n2)cn1. The molecule has 4 heterocycles. The molecule has 0 spiro atoms. The van der Waals surface area contributed by atoms with Gasteiger partial charge in [-0.2, -0.15) is 0 Å². The number of morpholine rings is 1. The van der Waals surface area contributed by atoms with Crippen molar-refractivity contribution in [2.24, 2.45) is 0 Å². The van der Waals surface area contributed by atoms with Gasteiger partial charge in [-0.1, -0.05) is 6.07 Å². The molecule has 1 fully saturated rings. The third-order valence-corrected chi connectivity index (χ3v) is 5.55. The van der Waals surface area contributed by atoms with Gasteiger partial charge in [-0.25, -0.2) is 29.3 Å². The number of anilines is 3. The molecule has 184 valence electrons. The molecule has 3 aromatic heterocycles. The predicted octanol–water partition coefficient (Wildman–Crippen LogP) is 3.34. The van der Waals surface area contributed by atoms with Crippen LogP contribution >= 0.6 is 0 Å². The number of pyridine rings is 1. The first-order valence-corrected chi connectivity index (χ1v) is 11.6. The second-order valence-corrected chi connectivity index (χ2v) is 8.62. The van der Waals surface area contributed by atoms with Crippen molar-refractivity contribution >= 4 is 34.4 Å². The summed E-state index contributed by atoms with van der Waals surface area (Å²) in [4.78, 5) is 35.9. The lowest BCUT2D eigenvalue weighted by atomic mass is 10.1. The maximum atomic E-state index is 14.7. The van der Waals surface area contributed by atoms with Crippen molar-refractivity contribution < 1.29 is 13.9 Å². The second-order valence-electron chi connectivity index (χ2n) is 8.62. The van der Waals surface area contributed by atoms with Gasteiger partial charge < -0.3 is 20.3 Å². The van der Waals surface area contributed by atoms with Gasteiger partial charge in [0.1, 0.15) is 11.4 Å². The number of halogens is 1. The highest BCUT2D eigenvalue weighted by atomic mass is 19.1. The van der Waals surface area contributed by atoms with Crippen LogP contribution in [0.3, 0.4) is 0 Å². The van der Waals surface area contributed by atoms with Gasteiger partial charge in [0.15, 0.2) is 5.82 Å². The number of nitrogens with zero attached hydrogens (tertiary/aromatic N) is 6. The molecule has 0 unspecified atom stereocenters. The van der Waals surface area contributed by atoms with Crippen LogP contribution in [-0.2, 0) is 4.74 Å². The summed E-state index contributed by atoms with van der Waals surface area (Å²) in [6.45, 7) is 6.55. The van der Waals surface area contributed by atoms with Crippen molar-refractivity contribution in [1.82, 2.24) is 30.2 Å². The Bertz CT molecular complexity index is 1390. The summed E-state index contributed by atoms with van der Waals surface area (Å²) in [7, 11) is 0. The lowest BCUT2D eigenvalue weighted by Crippen LogP contribution is -2.37. The molecule has 11 heteroatoms. The van der Waals surface area contributed by atoms with E-state index in [4.69, 9.17) is 4.74 Å². The molecule has 1 amide bonds. The van der Waals surface area contributed by atoms with Crippen molar-refractivity contribution in [2.45, 2.75) is 19.9 Å². The van der Waals surface area contributed by atoms with Gasteiger partial charge in [-0.3, -0.25) is 4.79 Å². The topological polar surface area (TPSA) is 118 Å². The number of ether oxygens (including phenoxy) is 1. The second kappa shape index (κ2) is 10.2. The molecule has 4 aromatic rings. The molecule has 0 atom stereocenters. The molecule has 0 radical (unpaired) electrons. The van der Waals surface area contributed by atoms with E-state index in [1.54, 1.807) is 30.5 Å². The van der Waals surface area contributed by atoms with Crippen molar-refractivity contribution in [3.63, 3.8) is 0 Å². The molecule has 1 aliphatic rings. The van der Waals surface area contributed by atoms with E-state index < -0.39 is 5.82 Å². The number of carbonyl (C=O) groups is 1. The Morgan fingerprint density at radius 3 is 2.61 bits per heavy atom. The number of rotatable bonds is 6. The van der Waals surface area contributed by atoms with Crippen molar-refractivity contribution in [3.05, 3.63) is 60.4 Å². The molecule has 5 rings (SSSR count). The zero-order valence-corrected chi connectivity index (χ0v) is 19.9. The minimum Gasteiger partial charge on any atom is -0.378 e. The van der Waals surface area contributed by atoms with Crippen LogP contribution in [-0.4, -0.2) is 63.2 Å². The smallest absolute Gasteiger partial charge is 0.270 e. The van der Waals surface area contributed by atoms with E-state index >= 15 is 0 Å². The summed E-state index contributed by atoms with van der Waals surface area (Å²) < 4.78 is 20.1.